The summed E-state index contributed by atoms with van der Waals surface area (Å²) in [6, 6.07) is 10.1. The monoisotopic (exact) mass is 504 g/mol. The number of carbonyl (C=O) groups excluding carboxylic acids is 2. The van der Waals surface area contributed by atoms with Crippen LogP contribution in [0.25, 0.3) is 11.1 Å². The van der Waals surface area contributed by atoms with Crippen LogP contribution in [0.4, 0.5) is 30.5 Å². The van der Waals surface area contributed by atoms with E-state index in [0.717, 1.165) is 6.07 Å². The Hall–Kier alpha value is -4.67. The minimum atomic E-state index is -4.77. The molecule has 0 saturated carbocycles. The van der Waals surface area contributed by atoms with Crippen molar-refractivity contribution in [1.29, 1.82) is 0 Å². The average Bonchev–Trinajstić information content (AvgIpc) is 3.09. The molecule has 1 aliphatic heterocycles. The Morgan fingerprint density at radius 2 is 1.70 bits per heavy atom. The minimum Gasteiger partial charge on any atom is -0.319 e. The first-order chi connectivity index (χ1) is 17.6. The number of hydrogen-bond donors (Lipinski definition) is 1. The van der Waals surface area contributed by atoms with Crippen LogP contribution in [0.3, 0.4) is 0 Å². The molecule has 0 spiro atoms. The first kappa shape index (κ1) is 24.0. The summed E-state index contributed by atoms with van der Waals surface area (Å²) in [7, 11) is 0. The number of halogens is 3. The first-order valence-electron chi connectivity index (χ1n) is 11.1. The molecule has 0 unspecified atom stereocenters. The maximum absolute atomic E-state index is 13.8. The van der Waals surface area contributed by atoms with Gasteiger partial charge < -0.3 is 5.32 Å². The summed E-state index contributed by atoms with van der Waals surface area (Å²) in [5.74, 6) is -1.06. The van der Waals surface area contributed by atoms with Crippen molar-refractivity contribution in [1.82, 2.24) is 19.9 Å². The first-order valence-corrected chi connectivity index (χ1v) is 11.1. The van der Waals surface area contributed by atoms with Gasteiger partial charge in [-0.05, 0) is 54.8 Å². The van der Waals surface area contributed by atoms with Crippen LogP contribution in [0, 0.1) is 0 Å². The molecule has 0 fully saturated rings. The van der Waals surface area contributed by atoms with Crippen LogP contribution >= 0.6 is 0 Å². The van der Waals surface area contributed by atoms with Crippen LogP contribution in [0.2, 0.25) is 0 Å². The van der Waals surface area contributed by atoms with Gasteiger partial charge in [-0.1, -0.05) is 18.2 Å². The molecule has 5 rings (SSSR count). The number of aromatic nitrogens is 4. The van der Waals surface area contributed by atoms with Crippen molar-refractivity contribution in [2.45, 2.75) is 25.4 Å². The highest BCUT2D eigenvalue weighted by Gasteiger charge is 2.47. The molecule has 0 aliphatic carbocycles. The summed E-state index contributed by atoms with van der Waals surface area (Å²) in [5, 5.41) is 2.41. The largest absolute Gasteiger partial charge is 0.417 e. The molecule has 2 aromatic heterocycles. The van der Waals surface area contributed by atoms with Gasteiger partial charge in [0.15, 0.2) is 0 Å². The SMILES string of the molecule is CC1(C)C(=O)N(c2ncccn2)c2cccc(-c3ccc(C(F)(F)F)c(C(=O)Nc4cncnc4)c3)c21. The normalized spacial score (nSPS) is 14.4. The molecule has 0 atom stereocenters. The van der Waals surface area contributed by atoms with Crippen molar-refractivity contribution in [2.75, 3.05) is 10.2 Å². The Balaban J connectivity index is 1.66. The van der Waals surface area contributed by atoms with Gasteiger partial charge in [0.25, 0.3) is 5.91 Å². The zero-order valence-corrected chi connectivity index (χ0v) is 19.6. The van der Waals surface area contributed by atoms with E-state index in [9.17, 15) is 22.8 Å². The summed E-state index contributed by atoms with van der Waals surface area (Å²) in [6.45, 7) is 3.46. The van der Waals surface area contributed by atoms with E-state index in [0.29, 0.717) is 22.4 Å². The van der Waals surface area contributed by atoms with E-state index in [-0.39, 0.29) is 17.5 Å². The van der Waals surface area contributed by atoms with E-state index in [1.54, 1.807) is 38.1 Å². The molecule has 1 N–H and O–H groups in total. The van der Waals surface area contributed by atoms with Gasteiger partial charge in [-0.2, -0.15) is 13.2 Å². The van der Waals surface area contributed by atoms with Crippen LogP contribution in [0.15, 0.2) is 73.6 Å². The smallest absolute Gasteiger partial charge is 0.319 e. The van der Waals surface area contributed by atoms with E-state index < -0.39 is 28.6 Å². The lowest BCUT2D eigenvalue weighted by molar-refractivity contribution is -0.137. The zero-order valence-electron chi connectivity index (χ0n) is 19.6. The summed E-state index contributed by atoms with van der Waals surface area (Å²) in [5.41, 5.74) is -0.587. The van der Waals surface area contributed by atoms with Gasteiger partial charge in [0, 0.05) is 12.4 Å². The maximum atomic E-state index is 13.8. The van der Waals surface area contributed by atoms with Crippen molar-refractivity contribution >= 4 is 29.1 Å². The highest BCUT2D eigenvalue weighted by atomic mass is 19.4. The minimum absolute atomic E-state index is 0.150. The van der Waals surface area contributed by atoms with Gasteiger partial charge in [0.05, 0.1) is 40.3 Å². The third kappa shape index (κ3) is 4.18. The number of anilines is 3. The van der Waals surface area contributed by atoms with Crippen LogP contribution in [-0.2, 0) is 16.4 Å². The summed E-state index contributed by atoms with van der Waals surface area (Å²) in [6.07, 6.45) is 2.06. The second kappa shape index (κ2) is 8.77. The zero-order chi connectivity index (χ0) is 26.4. The Morgan fingerprint density at radius 3 is 2.38 bits per heavy atom. The number of alkyl halides is 3. The molecule has 186 valence electrons. The quantitative estimate of drug-likeness (QED) is 0.412. The van der Waals surface area contributed by atoms with Gasteiger partial charge in [-0.3, -0.25) is 9.59 Å². The molecule has 0 radical (unpaired) electrons. The van der Waals surface area contributed by atoms with Crippen LogP contribution < -0.4 is 10.2 Å². The average molecular weight is 504 g/mol. The van der Waals surface area contributed by atoms with Crippen molar-refractivity contribution in [3.63, 3.8) is 0 Å². The number of amides is 2. The maximum Gasteiger partial charge on any atom is 0.417 e. The topological polar surface area (TPSA) is 101 Å². The van der Waals surface area contributed by atoms with Crippen LogP contribution in [-0.4, -0.2) is 31.8 Å². The van der Waals surface area contributed by atoms with Crippen LogP contribution in [0.5, 0.6) is 0 Å². The molecule has 0 bridgehead atoms. The lowest BCUT2D eigenvalue weighted by Crippen LogP contribution is -2.34. The summed E-state index contributed by atoms with van der Waals surface area (Å²) >= 11 is 0. The standard InChI is InChI=1S/C26H19F3N6O2/c1-25(2)21-17(5-3-6-20(21)35(23(25)37)24-32-9-4-10-33-24)15-7-8-19(26(27,28)29)18(11-15)22(36)34-16-12-30-14-31-13-16/h3-14H,1-2H3,(H,34,36). The summed E-state index contributed by atoms with van der Waals surface area (Å²) < 4.78 is 41.5. The predicted octanol–water partition coefficient (Wildman–Crippen LogP) is 5.16. The second-order valence-corrected chi connectivity index (χ2v) is 8.85. The number of benzene rings is 2. The fraction of sp³-hybridized carbons (Fsp3) is 0.154. The van der Waals surface area contributed by atoms with Crippen molar-refractivity contribution in [2.24, 2.45) is 0 Å². The van der Waals surface area contributed by atoms with Crippen molar-refractivity contribution in [3.05, 3.63) is 90.3 Å². The fourth-order valence-corrected chi connectivity index (χ4v) is 4.43. The van der Waals surface area contributed by atoms with Gasteiger partial charge in [0.2, 0.25) is 11.9 Å². The highest BCUT2D eigenvalue weighted by Crippen LogP contribution is 2.49. The Bertz CT molecular complexity index is 1510. The lowest BCUT2D eigenvalue weighted by Gasteiger charge is -2.20. The fourth-order valence-electron chi connectivity index (χ4n) is 4.43. The number of nitrogens with one attached hydrogen (secondary N) is 1. The number of fused-ring (bicyclic) bond motifs is 1. The number of rotatable bonds is 4. The molecule has 11 heteroatoms. The number of carbonyl (C=O) groups is 2. The second-order valence-electron chi connectivity index (χ2n) is 8.85. The van der Waals surface area contributed by atoms with Gasteiger partial charge >= 0.3 is 6.18 Å². The van der Waals surface area contributed by atoms with Gasteiger partial charge in [-0.15, -0.1) is 0 Å². The van der Waals surface area contributed by atoms with E-state index >= 15 is 0 Å². The number of nitrogens with zero attached hydrogens (tertiary/aromatic N) is 5. The van der Waals surface area contributed by atoms with Crippen LogP contribution in [0.1, 0.15) is 35.3 Å². The molecule has 2 aromatic carbocycles. The number of hydrogen-bond acceptors (Lipinski definition) is 6. The molecule has 3 heterocycles. The molecule has 8 nitrogen and oxygen atoms in total. The Morgan fingerprint density at radius 1 is 1.00 bits per heavy atom. The van der Waals surface area contributed by atoms with Gasteiger partial charge in [-0.25, -0.2) is 24.8 Å². The lowest BCUT2D eigenvalue weighted by atomic mass is 9.81. The van der Waals surface area contributed by atoms with E-state index in [2.05, 4.69) is 25.3 Å². The molecule has 0 saturated heterocycles. The molecular formula is C26H19F3N6O2. The molecule has 37 heavy (non-hydrogen) atoms. The van der Waals surface area contributed by atoms with E-state index in [4.69, 9.17) is 0 Å². The van der Waals surface area contributed by atoms with E-state index in [1.165, 1.54) is 48.1 Å². The van der Waals surface area contributed by atoms with Crippen molar-refractivity contribution < 1.29 is 22.8 Å². The molecular weight excluding hydrogens is 485 g/mol. The predicted molar refractivity (Wildman–Crippen MR) is 129 cm³/mol. The highest BCUT2D eigenvalue weighted by molar-refractivity contribution is 6.13. The Kier molecular flexibility index (Phi) is 5.70. The Labute approximate surface area is 209 Å². The molecule has 1 aliphatic rings. The molecule has 4 aromatic rings. The van der Waals surface area contributed by atoms with E-state index in [1.807, 2.05) is 0 Å². The molecule has 2 amide bonds. The third-order valence-corrected chi connectivity index (χ3v) is 6.10. The van der Waals surface area contributed by atoms with Crippen molar-refractivity contribution in [3.8, 4) is 11.1 Å². The third-order valence-electron chi connectivity index (χ3n) is 6.10. The van der Waals surface area contributed by atoms with Gasteiger partial charge in [0.1, 0.15) is 6.33 Å². The summed E-state index contributed by atoms with van der Waals surface area (Å²) in [4.78, 5) is 43.8.